The van der Waals surface area contributed by atoms with E-state index in [9.17, 15) is 14.0 Å². The number of nitrogens with one attached hydrogen (secondary N) is 1. The van der Waals surface area contributed by atoms with Gasteiger partial charge in [-0.1, -0.05) is 59.8 Å². The van der Waals surface area contributed by atoms with Gasteiger partial charge in [0.1, 0.15) is 11.9 Å². The molecule has 0 spiro atoms. The summed E-state index contributed by atoms with van der Waals surface area (Å²) in [5.41, 5.74) is 1.60. The Morgan fingerprint density at radius 3 is 2.45 bits per heavy atom. The van der Waals surface area contributed by atoms with Gasteiger partial charge in [-0.15, -0.1) is 5.10 Å². The van der Waals surface area contributed by atoms with E-state index >= 15 is 0 Å². The Balaban J connectivity index is 1.72. The second-order valence-corrected chi connectivity index (χ2v) is 8.26. The molecule has 1 aliphatic rings. The average molecular weight is 439 g/mol. The van der Waals surface area contributed by atoms with Crippen molar-refractivity contribution in [2.24, 2.45) is 0 Å². The van der Waals surface area contributed by atoms with Gasteiger partial charge in [0, 0.05) is 18.0 Å². The van der Waals surface area contributed by atoms with E-state index in [0.717, 1.165) is 42.8 Å². The minimum Gasteiger partial charge on any atom is -0.351 e. The maximum Gasteiger partial charge on any atom is 0.276 e. The molecule has 1 fully saturated rings. The van der Waals surface area contributed by atoms with E-state index < -0.39 is 17.8 Å². The van der Waals surface area contributed by atoms with Gasteiger partial charge < -0.3 is 10.2 Å². The summed E-state index contributed by atoms with van der Waals surface area (Å²) < 4.78 is 17.4. The lowest BCUT2D eigenvalue weighted by atomic mass is 10.0. The number of hydrogen-bond acceptors (Lipinski definition) is 5. The lowest BCUT2D eigenvalue weighted by Gasteiger charge is -2.32. The lowest BCUT2D eigenvalue weighted by molar-refractivity contribution is -0.126. The van der Waals surface area contributed by atoms with Crippen molar-refractivity contribution in [2.75, 3.05) is 0 Å². The largest absolute Gasteiger partial charge is 0.351 e. The number of rotatable bonds is 7. The van der Waals surface area contributed by atoms with Crippen molar-refractivity contribution in [3.05, 3.63) is 82.6 Å². The Morgan fingerprint density at radius 2 is 1.81 bits per heavy atom. The highest BCUT2D eigenvalue weighted by atomic mass is 32.1. The van der Waals surface area contributed by atoms with E-state index in [-0.39, 0.29) is 24.2 Å². The molecule has 1 saturated carbocycles. The molecule has 31 heavy (non-hydrogen) atoms. The van der Waals surface area contributed by atoms with Crippen LogP contribution in [0.3, 0.4) is 0 Å². The number of amides is 2. The summed E-state index contributed by atoms with van der Waals surface area (Å²) in [6.07, 6.45) is 3.99. The molecule has 0 radical (unpaired) electrons. The standard InChI is InChI=1S/C23H23FN4O2S/c24-18-12-10-17(11-13-18)21(22(29)25-19-8-4-5-9-19)28(14-16-6-2-1-3-7-16)23(30)20-15-31-27-26-20/h1-3,6-7,10-13,15,19,21H,4-5,8-9,14H2,(H,25,29)/t21-/m0/s1. The number of hydrogen-bond donors (Lipinski definition) is 1. The third-order valence-electron chi connectivity index (χ3n) is 5.48. The summed E-state index contributed by atoms with van der Waals surface area (Å²) in [6.45, 7) is 0.206. The van der Waals surface area contributed by atoms with Gasteiger partial charge in [-0.05, 0) is 47.6 Å². The number of carbonyl (C=O) groups is 2. The molecule has 6 nitrogen and oxygen atoms in total. The van der Waals surface area contributed by atoms with Crippen molar-refractivity contribution in [2.45, 2.75) is 44.3 Å². The first-order valence-electron chi connectivity index (χ1n) is 10.3. The van der Waals surface area contributed by atoms with Crippen molar-refractivity contribution in [3.63, 3.8) is 0 Å². The van der Waals surface area contributed by atoms with Gasteiger partial charge in [-0.2, -0.15) is 0 Å². The number of aromatic nitrogens is 2. The van der Waals surface area contributed by atoms with E-state index in [4.69, 9.17) is 0 Å². The van der Waals surface area contributed by atoms with Gasteiger partial charge in [0.25, 0.3) is 5.91 Å². The van der Waals surface area contributed by atoms with Gasteiger partial charge in [-0.3, -0.25) is 9.59 Å². The maximum absolute atomic E-state index is 13.6. The normalized spacial score (nSPS) is 14.9. The zero-order valence-corrected chi connectivity index (χ0v) is 17.7. The van der Waals surface area contributed by atoms with Crippen molar-refractivity contribution in [1.82, 2.24) is 19.8 Å². The Kier molecular flexibility index (Phi) is 6.66. The van der Waals surface area contributed by atoms with Crippen LogP contribution in [0.25, 0.3) is 0 Å². The topological polar surface area (TPSA) is 75.2 Å². The fraction of sp³-hybridized carbons (Fsp3) is 0.304. The molecule has 1 heterocycles. The third-order valence-corrected chi connectivity index (χ3v) is 5.99. The maximum atomic E-state index is 13.6. The zero-order chi connectivity index (χ0) is 21.6. The van der Waals surface area contributed by atoms with Crippen molar-refractivity contribution in [3.8, 4) is 0 Å². The molecule has 0 saturated heterocycles. The van der Waals surface area contributed by atoms with Crippen LogP contribution in [-0.2, 0) is 11.3 Å². The lowest BCUT2D eigenvalue weighted by Crippen LogP contribution is -2.46. The van der Waals surface area contributed by atoms with Crippen LogP contribution < -0.4 is 5.32 Å². The molecule has 8 heteroatoms. The van der Waals surface area contributed by atoms with Crippen LogP contribution in [0.15, 0.2) is 60.0 Å². The second kappa shape index (κ2) is 9.78. The first-order valence-corrected chi connectivity index (χ1v) is 11.1. The minimum atomic E-state index is -0.921. The highest BCUT2D eigenvalue weighted by Crippen LogP contribution is 2.27. The molecule has 1 aliphatic carbocycles. The monoisotopic (exact) mass is 438 g/mol. The molecule has 0 bridgehead atoms. The van der Waals surface area contributed by atoms with Crippen LogP contribution in [0.4, 0.5) is 4.39 Å². The summed E-state index contributed by atoms with van der Waals surface area (Å²) >= 11 is 1.08. The van der Waals surface area contributed by atoms with Crippen LogP contribution in [0.2, 0.25) is 0 Å². The van der Waals surface area contributed by atoms with Crippen LogP contribution in [0.5, 0.6) is 0 Å². The molecule has 0 aliphatic heterocycles. The van der Waals surface area contributed by atoms with Crippen molar-refractivity contribution >= 4 is 23.3 Å². The number of benzene rings is 2. The Labute approximate surface area is 184 Å². The van der Waals surface area contributed by atoms with Gasteiger partial charge in [0.05, 0.1) is 0 Å². The molecular weight excluding hydrogens is 415 g/mol. The van der Waals surface area contributed by atoms with Crippen LogP contribution in [0.1, 0.15) is 53.3 Å². The SMILES string of the molecule is O=C(NC1CCCC1)[C@H](c1ccc(F)cc1)N(Cc1ccccc1)C(=O)c1csnn1. The summed E-state index contributed by atoms with van der Waals surface area (Å²) in [5.74, 6) is -1.07. The second-order valence-electron chi connectivity index (χ2n) is 7.65. The fourth-order valence-electron chi connectivity index (χ4n) is 3.93. The van der Waals surface area contributed by atoms with Gasteiger partial charge in [0.15, 0.2) is 5.69 Å². The Bertz CT molecular complexity index is 1010. The van der Waals surface area contributed by atoms with Crippen LogP contribution >= 0.6 is 11.5 Å². The summed E-state index contributed by atoms with van der Waals surface area (Å²) in [7, 11) is 0. The first kappa shape index (κ1) is 21.1. The summed E-state index contributed by atoms with van der Waals surface area (Å²) in [4.78, 5) is 28.4. The average Bonchev–Trinajstić information content (AvgIpc) is 3.49. The van der Waals surface area contributed by atoms with Crippen LogP contribution in [0, 0.1) is 5.82 Å². The number of nitrogens with zero attached hydrogens (tertiary/aromatic N) is 3. The quantitative estimate of drug-likeness (QED) is 0.602. The van der Waals surface area contributed by atoms with Crippen molar-refractivity contribution < 1.29 is 14.0 Å². The fourth-order valence-corrected chi connectivity index (χ4v) is 4.36. The van der Waals surface area contributed by atoms with Gasteiger partial charge >= 0.3 is 0 Å². The molecule has 1 aromatic heterocycles. The molecule has 1 N–H and O–H groups in total. The predicted octanol–water partition coefficient (Wildman–Crippen LogP) is 4.12. The number of carbonyl (C=O) groups excluding carboxylic acids is 2. The molecule has 160 valence electrons. The highest BCUT2D eigenvalue weighted by molar-refractivity contribution is 7.03. The van der Waals surface area contributed by atoms with E-state index in [1.807, 2.05) is 30.3 Å². The minimum absolute atomic E-state index is 0.0880. The van der Waals surface area contributed by atoms with Gasteiger partial charge in [-0.25, -0.2) is 4.39 Å². The predicted molar refractivity (Wildman–Crippen MR) is 116 cm³/mol. The molecule has 3 aromatic rings. The third kappa shape index (κ3) is 5.14. The molecule has 0 unspecified atom stereocenters. The van der Waals surface area contributed by atoms with E-state index in [2.05, 4.69) is 14.9 Å². The van der Waals surface area contributed by atoms with E-state index in [1.54, 1.807) is 17.5 Å². The smallest absolute Gasteiger partial charge is 0.276 e. The molecule has 4 rings (SSSR count). The Morgan fingerprint density at radius 1 is 1.10 bits per heavy atom. The highest BCUT2D eigenvalue weighted by Gasteiger charge is 2.34. The zero-order valence-electron chi connectivity index (χ0n) is 16.9. The first-order chi connectivity index (χ1) is 15.1. The summed E-state index contributed by atoms with van der Waals surface area (Å²) in [6, 6.07) is 14.3. The molecule has 2 aromatic carbocycles. The van der Waals surface area contributed by atoms with E-state index in [0.29, 0.717) is 5.56 Å². The van der Waals surface area contributed by atoms with Crippen molar-refractivity contribution in [1.29, 1.82) is 0 Å². The molecule has 2 amide bonds. The number of halogens is 1. The molecule has 1 atom stereocenters. The van der Waals surface area contributed by atoms with E-state index in [1.165, 1.54) is 17.0 Å². The van der Waals surface area contributed by atoms with Gasteiger partial charge in [0.2, 0.25) is 5.91 Å². The van der Waals surface area contributed by atoms with Crippen LogP contribution in [-0.4, -0.2) is 32.3 Å². The summed E-state index contributed by atoms with van der Waals surface area (Å²) in [5, 5.41) is 8.58. The Hall–Kier alpha value is -3.13. The molecular formula is C23H23FN4O2S.